The maximum atomic E-state index is 9.00. The van der Waals surface area contributed by atoms with Gasteiger partial charge < -0.3 is 10.0 Å². The van der Waals surface area contributed by atoms with Gasteiger partial charge in [-0.3, -0.25) is 0 Å². The number of hydrogen-bond acceptors (Lipinski definition) is 4. The summed E-state index contributed by atoms with van der Waals surface area (Å²) in [7, 11) is 0. The highest BCUT2D eigenvalue weighted by molar-refractivity contribution is 5.33. The summed E-state index contributed by atoms with van der Waals surface area (Å²) in [6.07, 6.45) is 10.1. The molecule has 4 heteroatoms. The van der Waals surface area contributed by atoms with Gasteiger partial charge in [-0.15, -0.1) is 0 Å². The molecule has 0 bridgehead atoms. The van der Waals surface area contributed by atoms with Crippen molar-refractivity contribution in [2.24, 2.45) is 5.92 Å². The number of aliphatic hydroxyl groups excluding tert-OH is 1. The van der Waals surface area contributed by atoms with E-state index < -0.39 is 0 Å². The topological polar surface area (TPSA) is 49.3 Å². The Kier molecular flexibility index (Phi) is 2.97. The molecule has 92 valence electrons. The molecule has 0 radical (unpaired) electrons. The zero-order chi connectivity index (χ0) is 11.7. The Morgan fingerprint density at radius 2 is 1.94 bits per heavy atom. The molecule has 1 aliphatic heterocycles. The minimum Gasteiger partial charge on any atom is -0.392 e. The summed E-state index contributed by atoms with van der Waals surface area (Å²) >= 11 is 0. The first-order valence-electron chi connectivity index (χ1n) is 6.57. The van der Waals surface area contributed by atoms with Crippen molar-refractivity contribution in [3.05, 3.63) is 18.0 Å². The van der Waals surface area contributed by atoms with Crippen molar-refractivity contribution in [1.29, 1.82) is 0 Å². The molecule has 0 spiro atoms. The quantitative estimate of drug-likeness (QED) is 0.845. The Hall–Kier alpha value is -1.16. The molecule has 4 nitrogen and oxygen atoms in total. The molecule has 3 rings (SSSR count). The normalized spacial score (nSPS) is 28.2. The standard InChI is InChI=1S/C13H19N3O/c17-9-10-7-14-13(15-8-10)16-6-2-4-11-3-1-5-12(11)16/h7-8,11-12,17H,1-6,9H2. The van der Waals surface area contributed by atoms with Crippen LogP contribution in [0.1, 0.15) is 37.7 Å². The van der Waals surface area contributed by atoms with Crippen molar-refractivity contribution in [2.45, 2.75) is 44.8 Å². The van der Waals surface area contributed by atoms with Gasteiger partial charge in [0.05, 0.1) is 6.61 Å². The Morgan fingerprint density at radius 1 is 1.18 bits per heavy atom. The van der Waals surface area contributed by atoms with Gasteiger partial charge in [-0.2, -0.15) is 0 Å². The van der Waals surface area contributed by atoms with Crippen LogP contribution in [0.2, 0.25) is 0 Å². The highest BCUT2D eigenvalue weighted by atomic mass is 16.3. The van der Waals surface area contributed by atoms with Crippen molar-refractivity contribution in [3.8, 4) is 0 Å². The number of aromatic nitrogens is 2. The summed E-state index contributed by atoms with van der Waals surface area (Å²) in [6.45, 7) is 1.10. The van der Waals surface area contributed by atoms with E-state index in [1.807, 2.05) is 0 Å². The van der Waals surface area contributed by atoms with Crippen molar-refractivity contribution in [2.75, 3.05) is 11.4 Å². The van der Waals surface area contributed by atoms with Gasteiger partial charge in [0.15, 0.2) is 0 Å². The van der Waals surface area contributed by atoms with Gasteiger partial charge in [0.25, 0.3) is 0 Å². The highest BCUT2D eigenvalue weighted by Gasteiger charge is 2.35. The molecule has 1 saturated carbocycles. The van der Waals surface area contributed by atoms with E-state index in [9.17, 15) is 0 Å². The number of nitrogens with zero attached hydrogens (tertiary/aromatic N) is 3. The Bertz CT molecular complexity index is 379. The van der Waals surface area contributed by atoms with Crippen LogP contribution in [-0.4, -0.2) is 27.7 Å². The van der Waals surface area contributed by atoms with Gasteiger partial charge in [-0.25, -0.2) is 9.97 Å². The van der Waals surface area contributed by atoms with Gasteiger partial charge in [0.2, 0.25) is 5.95 Å². The second-order valence-electron chi connectivity index (χ2n) is 5.14. The van der Waals surface area contributed by atoms with Crippen LogP contribution in [-0.2, 0) is 6.61 Å². The van der Waals surface area contributed by atoms with E-state index in [2.05, 4.69) is 14.9 Å². The second-order valence-corrected chi connectivity index (χ2v) is 5.14. The summed E-state index contributed by atoms with van der Waals surface area (Å²) in [5, 5.41) is 9.00. The van der Waals surface area contributed by atoms with Gasteiger partial charge in [-0.05, 0) is 31.6 Å². The summed E-state index contributed by atoms with van der Waals surface area (Å²) < 4.78 is 0. The molecule has 2 atom stereocenters. The van der Waals surface area contributed by atoms with E-state index in [1.165, 1.54) is 32.1 Å². The number of rotatable bonds is 2. The fourth-order valence-corrected chi connectivity index (χ4v) is 3.28. The van der Waals surface area contributed by atoms with Crippen LogP contribution < -0.4 is 4.90 Å². The zero-order valence-corrected chi connectivity index (χ0v) is 10.0. The van der Waals surface area contributed by atoms with Gasteiger partial charge in [-0.1, -0.05) is 6.42 Å². The van der Waals surface area contributed by atoms with Crippen molar-refractivity contribution in [1.82, 2.24) is 9.97 Å². The maximum absolute atomic E-state index is 9.00. The summed E-state index contributed by atoms with van der Waals surface area (Å²) in [5.74, 6) is 1.70. The van der Waals surface area contributed by atoms with Crippen molar-refractivity contribution < 1.29 is 5.11 Å². The van der Waals surface area contributed by atoms with E-state index in [0.717, 1.165) is 24.0 Å². The highest BCUT2D eigenvalue weighted by Crippen LogP contribution is 2.37. The molecule has 1 N–H and O–H groups in total. The number of aliphatic hydroxyl groups is 1. The van der Waals surface area contributed by atoms with Crippen molar-refractivity contribution in [3.63, 3.8) is 0 Å². The molecule has 1 aromatic heterocycles. The summed E-state index contributed by atoms with van der Waals surface area (Å²) in [5.41, 5.74) is 0.786. The lowest BCUT2D eigenvalue weighted by atomic mass is 9.92. The van der Waals surface area contributed by atoms with Crippen LogP contribution in [0.25, 0.3) is 0 Å². The lowest BCUT2D eigenvalue weighted by molar-refractivity contribution is 0.280. The third kappa shape index (κ3) is 2.02. The minimum atomic E-state index is 0.0202. The molecule has 1 aliphatic carbocycles. The van der Waals surface area contributed by atoms with E-state index in [-0.39, 0.29) is 6.61 Å². The minimum absolute atomic E-state index is 0.0202. The fourth-order valence-electron chi connectivity index (χ4n) is 3.28. The Balaban J connectivity index is 1.81. The Labute approximate surface area is 102 Å². The lowest BCUT2D eigenvalue weighted by Crippen LogP contribution is -2.43. The first kappa shape index (κ1) is 11.0. The third-order valence-corrected chi connectivity index (χ3v) is 4.12. The van der Waals surface area contributed by atoms with Crippen molar-refractivity contribution >= 4 is 5.95 Å². The number of fused-ring (bicyclic) bond motifs is 1. The molecular weight excluding hydrogens is 214 g/mol. The molecule has 2 aliphatic rings. The predicted molar refractivity (Wildman–Crippen MR) is 65.7 cm³/mol. The smallest absolute Gasteiger partial charge is 0.225 e. The van der Waals surface area contributed by atoms with E-state index in [4.69, 9.17) is 5.11 Å². The lowest BCUT2D eigenvalue weighted by Gasteiger charge is -2.37. The zero-order valence-electron chi connectivity index (χ0n) is 10.0. The summed E-state index contributed by atoms with van der Waals surface area (Å²) in [6, 6.07) is 0.656. The molecule has 17 heavy (non-hydrogen) atoms. The van der Waals surface area contributed by atoms with E-state index in [0.29, 0.717) is 6.04 Å². The maximum Gasteiger partial charge on any atom is 0.225 e. The largest absolute Gasteiger partial charge is 0.392 e. The first-order chi connectivity index (χ1) is 8.38. The van der Waals surface area contributed by atoms with Crippen LogP contribution in [0.3, 0.4) is 0 Å². The molecule has 1 aromatic rings. The van der Waals surface area contributed by atoms with Crippen LogP contribution in [0.15, 0.2) is 12.4 Å². The number of anilines is 1. The molecule has 0 amide bonds. The summed E-state index contributed by atoms with van der Waals surface area (Å²) in [4.78, 5) is 11.2. The fraction of sp³-hybridized carbons (Fsp3) is 0.692. The van der Waals surface area contributed by atoms with Gasteiger partial charge in [0.1, 0.15) is 0 Å². The van der Waals surface area contributed by atoms with Crippen LogP contribution in [0.4, 0.5) is 5.95 Å². The molecule has 2 unspecified atom stereocenters. The number of piperidine rings is 1. The monoisotopic (exact) mass is 233 g/mol. The Morgan fingerprint density at radius 3 is 2.71 bits per heavy atom. The average molecular weight is 233 g/mol. The van der Waals surface area contributed by atoms with Gasteiger partial charge in [0, 0.05) is 30.5 Å². The third-order valence-electron chi connectivity index (χ3n) is 4.12. The second kappa shape index (κ2) is 4.61. The van der Waals surface area contributed by atoms with Crippen LogP contribution >= 0.6 is 0 Å². The predicted octanol–water partition coefficient (Wildman–Crippen LogP) is 1.74. The molecule has 2 heterocycles. The van der Waals surface area contributed by atoms with Crippen LogP contribution in [0, 0.1) is 5.92 Å². The van der Waals surface area contributed by atoms with Gasteiger partial charge >= 0.3 is 0 Å². The van der Waals surface area contributed by atoms with E-state index >= 15 is 0 Å². The van der Waals surface area contributed by atoms with Crippen LogP contribution in [0.5, 0.6) is 0 Å². The first-order valence-corrected chi connectivity index (χ1v) is 6.57. The molecule has 2 fully saturated rings. The number of hydrogen-bond donors (Lipinski definition) is 1. The SMILES string of the molecule is OCc1cnc(N2CCCC3CCCC32)nc1. The molecule has 0 aromatic carbocycles. The van der Waals surface area contributed by atoms with E-state index in [1.54, 1.807) is 12.4 Å². The average Bonchev–Trinajstić information content (AvgIpc) is 2.87. The molecular formula is C13H19N3O. The molecule has 1 saturated heterocycles.